The summed E-state index contributed by atoms with van der Waals surface area (Å²) >= 11 is 0. The lowest BCUT2D eigenvalue weighted by molar-refractivity contribution is -0.136. The summed E-state index contributed by atoms with van der Waals surface area (Å²) in [7, 11) is 0. The minimum absolute atomic E-state index is 0.0618. The molecule has 0 radical (unpaired) electrons. The zero-order valence-corrected chi connectivity index (χ0v) is 9.10. The molecule has 4 heteroatoms. The molecular weight excluding hydrogens is 208 g/mol. The van der Waals surface area contributed by atoms with Gasteiger partial charge in [-0.2, -0.15) is 0 Å². The van der Waals surface area contributed by atoms with Crippen LogP contribution in [-0.4, -0.2) is 23.7 Å². The highest BCUT2D eigenvalue weighted by Crippen LogP contribution is 2.09. The number of carboxylic acids is 1. The molecule has 0 heterocycles. The van der Waals surface area contributed by atoms with E-state index in [-0.39, 0.29) is 12.4 Å². The summed E-state index contributed by atoms with van der Waals surface area (Å²) in [6, 6.07) is 6.85. The quantitative estimate of drug-likeness (QED) is 0.772. The van der Waals surface area contributed by atoms with E-state index in [4.69, 9.17) is 9.84 Å². The highest BCUT2D eigenvalue weighted by molar-refractivity contribution is 5.89. The Morgan fingerprint density at radius 1 is 1.38 bits per heavy atom. The number of carbonyl (C=O) groups excluding carboxylic acids is 1. The second-order valence-electron chi connectivity index (χ2n) is 3.31. The van der Waals surface area contributed by atoms with Gasteiger partial charge in [-0.25, -0.2) is 4.79 Å². The zero-order chi connectivity index (χ0) is 12.0. The van der Waals surface area contributed by atoms with E-state index < -0.39 is 5.97 Å². The maximum absolute atomic E-state index is 11.4. The van der Waals surface area contributed by atoms with Crippen LogP contribution in [0.4, 0.5) is 0 Å². The number of aliphatic carboxylic acids is 1. The first-order valence-corrected chi connectivity index (χ1v) is 5.11. The van der Waals surface area contributed by atoms with Gasteiger partial charge in [-0.3, -0.25) is 4.79 Å². The topological polar surface area (TPSA) is 63.6 Å². The molecular formula is C12H14O4. The molecule has 16 heavy (non-hydrogen) atoms. The first-order valence-electron chi connectivity index (χ1n) is 5.11. The Kier molecular flexibility index (Phi) is 4.51. The number of hydrogen-bond acceptors (Lipinski definition) is 3. The van der Waals surface area contributed by atoms with Crippen LogP contribution in [0.3, 0.4) is 0 Å². The molecule has 0 saturated heterocycles. The van der Waals surface area contributed by atoms with Gasteiger partial charge in [0, 0.05) is 6.42 Å². The number of aryl methyl sites for hydroxylation is 1. The molecule has 1 aromatic rings. The molecule has 1 rings (SSSR count). The Hall–Kier alpha value is -1.84. The molecule has 0 amide bonds. The standard InChI is InChI=1S/C12H14O4/c1-2-16-12(15)10-5-3-4-9(8-10)6-7-11(13)14/h3-5,8H,2,6-7H2,1H3,(H,13,14). The van der Waals surface area contributed by atoms with Crippen LogP contribution in [0.2, 0.25) is 0 Å². The second-order valence-corrected chi connectivity index (χ2v) is 3.31. The van der Waals surface area contributed by atoms with Crippen LogP contribution >= 0.6 is 0 Å². The van der Waals surface area contributed by atoms with Gasteiger partial charge in [0.25, 0.3) is 0 Å². The Morgan fingerprint density at radius 2 is 2.12 bits per heavy atom. The fourth-order valence-electron chi connectivity index (χ4n) is 1.32. The SMILES string of the molecule is CCOC(=O)c1cccc(CCC(=O)O)c1. The molecule has 4 nitrogen and oxygen atoms in total. The van der Waals surface area contributed by atoms with Crippen molar-refractivity contribution in [2.75, 3.05) is 6.61 Å². The lowest BCUT2D eigenvalue weighted by Crippen LogP contribution is -2.05. The largest absolute Gasteiger partial charge is 0.481 e. The summed E-state index contributed by atoms with van der Waals surface area (Å²) in [5, 5.41) is 8.55. The van der Waals surface area contributed by atoms with E-state index >= 15 is 0 Å². The van der Waals surface area contributed by atoms with Crippen molar-refractivity contribution in [3.05, 3.63) is 35.4 Å². The molecule has 0 aliphatic carbocycles. The fourth-order valence-corrected chi connectivity index (χ4v) is 1.32. The van der Waals surface area contributed by atoms with E-state index in [1.54, 1.807) is 31.2 Å². The van der Waals surface area contributed by atoms with Crippen molar-refractivity contribution in [2.24, 2.45) is 0 Å². The van der Waals surface area contributed by atoms with Crippen molar-refractivity contribution in [3.8, 4) is 0 Å². The van der Waals surface area contributed by atoms with Crippen molar-refractivity contribution in [1.82, 2.24) is 0 Å². The smallest absolute Gasteiger partial charge is 0.338 e. The maximum atomic E-state index is 11.4. The van der Waals surface area contributed by atoms with Crippen molar-refractivity contribution in [2.45, 2.75) is 19.8 Å². The molecule has 0 unspecified atom stereocenters. The Labute approximate surface area is 93.9 Å². The molecule has 1 aromatic carbocycles. The van der Waals surface area contributed by atoms with E-state index in [1.165, 1.54) is 0 Å². The van der Waals surface area contributed by atoms with E-state index in [0.29, 0.717) is 18.6 Å². The summed E-state index contributed by atoms with van der Waals surface area (Å²) in [5.74, 6) is -1.22. The number of carboxylic acid groups (broad SMARTS) is 1. The zero-order valence-electron chi connectivity index (χ0n) is 9.10. The minimum atomic E-state index is -0.846. The van der Waals surface area contributed by atoms with Crippen LogP contribution in [-0.2, 0) is 16.0 Å². The van der Waals surface area contributed by atoms with Gasteiger partial charge in [-0.05, 0) is 31.0 Å². The number of esters is 1. The third-order valence-electron chi connectivity index (χ3n) is 2.07. The Morgan fingerprint density at radius 3 is 2.75 bits per heavy atom. The molecule has 0 bridgehead atoms. The van der Waals surface area contributed by atoms with Crippen LogP contribution in [0.15, 0.2) is 24.3 Å². The maximum Gasteiger partial charge on any atom is 0.338 e. The molecule has 0 spiro atoms. The van der Waals surface area contributed by atoms with Crippen LogP contribution < -0.4 is 0 Å². The van der Waals surface area contributed by atoms with Crippen molar-refractivity contribution in [3.63, 3.8) is 0 Å². The molecule has 0 aliphatic heterocycles. The van der Waals surface area contributed by atoms with Gasteiger partial charge in [0.15, 0.2) is 0 Å². The summed E-state index contributed by atoms with van der Waals surface area (Å²) in [6.45, 7) is 2.07. The number of benzene rings is 1. The monoisotopic (exact) mass is 222 g/mol. The Balaban J connectivity index is 2.70. The highest BCUT2D eigenvalue weighted by atomic mass is 16.5. The molecule has 0 atom stereocenters. The van der Waals surface area contributed by atoms with Crippen molar-refractivity contribution >= 4 is 11.9 Å². The van der Waals surface area contributed by atoms with Crippen molar-refractivity contribution in [1.29, 1.82) is 0 Å². The molecule has 0 fully saturated rings. The van der Waals surface area contributed by atoms with Gasteiger partial charge in [-0.1, -0.05) is 12.1 Å². The first kappa shape index (κ1) is 12.2. The summed E-state index contributed by atoms with van der Waals surface area (Å²) in [5.41, 5.74) is 1.29. The summed E-state index contributed by atoms with van der Waals surface area (Å²) in [6.07, 6.45) is 0.481. The van der Waals surface area contributed by atoms with E-state index in [2.05, 4.69) is 0 Å². The number of hydrogen-bond donors (Lipinski definition) is 1. The van der Waals surface area contributed by atoms with Gasteiger partial charge in [0.2, 0.25) is 0 Å². The fraction of sp³-hybridized carbons (Fsp3) is 0.333. The first-order chi connectivity index (χ1) is 7.63. The molecule has 86 valence electrons. The van der Waals surface area contributed by atoms with Crippen LogP contribution in [0.1, 0.15) is 29.3 Å². The van der Waals surface area contributed by atoms with Gasteiger partial charge >= 0.3 is 11.9 Å². The Bertz CT molecular complexity index is 384. The normalized spacial score (nSPS) is 9.81. The minimum Gasteiger partial charge on any atom is -0.481 e. The predicted octanol–water partition coefficient (Wildman–Crippen LogP) is 1.88. The van der Waals surface area contributed by atoms with Crippen LogP contribution in [0.5, 0.6) is 0 Å². The van der Waals surface area contributed by atoms with E-state index in [9.17, 15) is 9.59 Å². The van der Waals surface area contributed by atoms with Crippen LogP contribution in [0.25, 0.3) is 0 Å². The third kappa shape index (κ3) is 3.73. The molecule has 0 aromatic heterocycles. The molecule has 0 saturated carbocycles. The second kappa shape index (κ2) is 5.90. The third-order valence-corrected chi connectivity index (χ3v) is 2.07. The summed E-state index contributed by atoms with van der Waals surface area (Å²) in [4.78, 5) is 21.8. The number of carbonyl (C=O) groups is 2. The molecule has 1 N–H and O–H groups in total. The number of rotatable bonds is 5. The van der Waals surface area contributed by atoms with Gasteiger partial charge in [-0.15, -0.1) is 0 Å². The average Bonchev–Trinajstić information content (AvgIpc) is 2.27. The average molecular weight is 222 g/mol. The lowest BCUT2D eigenvalue weighted by Gasteiger charge is -2.03. The van der Waals surface area contributed by atoms with Gasteiger partial charge < -0.3 is 9.84 Å². The van der Waals surface area contributed by atoms with Gasteiger partial charge in [0.1, 0.15) is 0 Å². The van der Waals surface area contributed by atoms with E-state index in [0.717, 1.165) is 5.56 Å². The van der Waals surface area contributed by atoms with E-state index in [1.807, 2.05) is 0 Å². The van der Waals surface area contributed by atoms with Gasteiger partial charge in [0.05, 0.1) is 12.2 Å². The predicted molar refractivity (Wildman–Crippen MR) is 58.4 cm³/mol. The molecule has 0 aliphatic rings. The summed E-state index contributed by atoms with van der Waals surface area (Å²) < 4.78 is 4.85. The number of ether oxygens (including phenoxy) is 1. The lowest BCUT2D eigenvalue weighted by atomic mass is 10.1. The van der Waals surface area contributed by atoms with Crippen molar-refractivity contribution < 1.29 is 19.4 Å². The highest BCUT2D eigenvalue weighted by Gasteiger charge is 2.07. The van der Waals surface area contributed by atoms with Crippen LogP contribution in [0, 0.1) is 0 Å².